The number of ether oxygens (including phenoxy) is 1. The molecule has 1 aromatic heterocycles. The van der Waals surface area contributed by atoms with Crippen LogP contribution in [-0.2, 0) is 25.4 Å². The lowest BCUT2D eigenvalue weighted by atomic mass is 9.86. The predicted octanol–water partition coefficient (Wildman–Crippen LogP) is 13.3. The number of methoxy groups -OCH3 is 1. The first-order valence-electron chi connectivity index (χ1n) is 24.8. The van der Waals surface area contributed by atoms with Crippen LogP contribution in [0.3, 0.4) is 0 Å². The molecule has 0 spiro atoms. The van der Waals surface area contributed by atoms with Gasteiger partial charge in [0, 0.05) is 57.1 Å². The van der Waals surface area contributed by atoms with Crippen molar-refractivity contribution >= 4 is 61.3 Å². The van der Waals surface area contributed by atoms with Crippen LogP contribution in [0.4, 0.5) is 23.1 Å². The molecule has 2 saturated heterocycles. The number of aryl methyl sites for hydroxylation is 3. The molecular weight excluding hydrogens is 885 g/mol. The van der Waals surface area contributed by atoms with Gasteiger partial charge >= 0.3 is 0 Å². The second-order valence-corrected chi connectivity index (χ2v) is 22.3. The normalized spacial score (nSPS) is 16.2. The van der Waals surface area contributed by atoms with E-state index in [1.165, 1.54) is 82.6 Å². The molecule has 2 aliphatic heterocycles. The number of para-hydroxylation sites is 1. The minimum Gasteiger partial charge on any atom is -0.495 e. The number of ketones is 2. The van der Waals surface area contributed by atoms with Crippen molar-refractivity contribution in [2.24, 2.45) is 17.8 Å². The molecule has 370 valence electrons. The van der Waals surface area contributed by atoms with Gasteiger partial charge in [-0.3, -0.25) is 14.4 Å². The molecule has 0 aliphatic carbocycles. The Morgan fingerprint density at radius 2 is 1.65 bits per heavy atom. The molecule has 3 aromatic carbocycles. The van der Waals surface area contributed by atoms with Crippen molar-refractivity contribution in [2.75, 3.05) is 37.4 Å². The number of allylic oxidation sites excluding steroid dienone is 1. The summed E-state index contributed by atoms with van der Waals surface area (Å²) in [6.45, 7) is 29.5. The average molecular weight is 965 g/mol. The Labute approximate surface area is 415 Å². The number of benzene rings is 3. The van der Waals surface area contributed by atoms with Crippen molar-refractivity contribution in [3.05, 3.63) is 106 Å². The van der Waals surface area contributed by atoms with Gasteiger partial charge in [0.25, 0.3) is 0 Å². The third-order valence-corrected chi connectivity index (χ3v) is 16.2. The van der Waals surface area contributed by atoms with E-state index in [1.54, 1.807) is 19.2 Å². The largest absolute Gasteiger partial charge is 0.495 e. The van der Waals surface area contributed by atoms with E-state index >= 15 is 0 Å². The molecule has 4 aromatic rings. The van der Waals surface area contributed by atoms with Crippen LogP contribution < -0.4 is 20.7 Å². The lowest BCUT2D eigenvalue weighted by Gasteiger charge is -2.35. The number of anilines is 4. The lowest BCUT2D eigenvalue weighted by Crippen LogP contribution is -2.36. The molecule has 12 heteroatoms. The van der Waals surface area contributed by atoms with Crippen LogP contribution >= 0.6 is 0 Å². The maximum absolute atomic E-state index is 11.9. The number of Topliss-reactive ketones (excluding diaryl/α,β-unsaturated/α-hetero) is 2. The van der Waals surface area contributed by atoms with E-state index in [2.05, 4.69) is 91.3 Å². The topological polar surface area (TPSA) is 126 Å². The van der Waals surface area contributed by atoms with Crippen molar-refractivity contribution in [1.82, 2.24) is 20.2 Å². The minimum absolute atomic E-state index is 0.0314. The summed E-state index contributed by atoms with van der Waals surface area (Å²) < 4.78 is 5.90. The third-order valence-electron chi connectivity index (χ3n) is 12.9. The first kappa shape index (κ1) is 55.8. The number of amides is 1. The monoisotopic (exact) mass is 965 g/mol. The zero-order chi connectivity index (χ0) is 50.1. The second kappa shape index (κ2) is 27.4. The smallest absolute Gasteiger partial charge is 0.229 e. The van der Waals surface area contributed by atoms with Gasteiger partial charge in [-0.15, -0.1) is 0 Å². The van der Waals surface area contributed by atoms with Crippen LogP contribution in [0.1, 0.15) is 162 Å². The van der Waals surface area contributed by atoms with Crippen molar-refractivity contribution in [3.63, 3.8) is 0 Å². The maximum Gasteiger partial charge on any atom is 0.229 e. The fourth-order valence-electron chi connectivity index (χ4n) is 8.55. The summed E-state index contributed by atoms with van der Waals surface area (Å²) in [6, 6.07) is 18.1. The van der Waals surface area contributed by atoms with E-state index < -0.39 is 0 Å². The highest BCUT2D eigenvalue weighted by atomic mass is 32.8. The second-order valence-electron chi connectivity index (χ2n) is 19.2. The van der Waals surface area contributed by atoms with Gasteiger partial charge < -0.3 is 25.6 Å². The zero-order valence-electron chi connectivity index (χ0n) is 43.1. The van der Waals surface area contributed by atoms with E-state index in [4.69, 9.17) is 20.9 Å². The molecule has 0 saturated carbocycles. The number of aromatic nitrogens is 2. The number of hydrogen-bond donors (Lipinski definition) is 3. The van der Waals surface area contributed by atoms with Gasteiger partial charge in [-0.25, -0.2) is 4.98 Å². The Kier molecular flexibility index (Phi) is 22.5. The molecule has 3 heterocycles. The Balaban J connectivity index is 0.000000340. The van der Waals surface area contributed by atoms with Crippen LogP contribution in [0.25, 0.3) is 0 Å². The van der Waals surface area contributed by atoms with E-state index in [0.29, 0.717) is 28.2 Å². The third kappa shape index (κ3) is 16.4. The molecule has 68 heavy (non-hydrogen) atoms. The molecule has 10 nitrogen and oxygen atoms in total. The number of likely N-dealkylation sites (tertiary alicyclic amines) is 1. The van der Waals surface area contributed by atoms with Crippen LogP contribution in [-0.4, -0.2) is 64.3 Å². The summed E-state index contributed by atoms with van der Waals surface area (Å²) >= 11 is 5.85. The van der Waals surface area contributed by atoms with Crippen molar-refractivity contribution < 1.29 is 19.1 Å². The first-order valence-corrected chi connectivity index (χ1v) is 27.0. The molecule has 2 aliphatic rings. The van der Waals surface area contributed by atoms with Gasteiger partial charge in [-0.2, -0.15) is 4.98 Å². The van der Waals surface area contributed by atoms with Gasteiger partial charge in [0.1, 0.15) is 11.6 Å². The maximum atomic E-state index is 11.9. The summed E-state index contributed by atoms with van der Waals surface area (Å²) in [7, 11) is 1.45. The van der Waals surface area contributed by atoms with E-state index in [0.717, 1.165) is 63.4 Å². The molecule has 2 fully saturated rings. The summed E-state index contributed by atoms with van der Waals surface area (Å²) in [6.07, 6.45) is 12.8. The predicted molar refractivity (Wildman–Crippen MR) is 288 cm³/mol. The van der Waals surface area contributed by atoms with Crippen LogP contribution in [0.15, 0.2) is 78.0 Å². The lowest BCUT2D eigenvalue weighted by molar-refractivity contribution is -0.124. The molecule has 3 atom stereocenters. The fraction of sp³-hybridized carbons (Fsp3) is 0.518. The fourth-order valence-corrected chi connectivity index (χ4v) is 10.0. The van der Waals surface area contributed by atoms with Crippen molar-refractivity contribution in [3.8, 4) is 5.75 Å². The highest BCUT2D eigenvalue weighted by molar-refractivity contribution is 8.29. The Hall–Kier alpha value is -4.78. The van der Waals surface area contributed by atoms with Crippen LogP contribution in [0.5, 0.6) is 5.75 Å². The van der Waals surface area contributed by atoms with Gasteiger partial charge in [0.15, 0.2) is 11.6 Å². The quantitative estimate of drug-likeness (QED) is 0.0655. The molecule has 1 amide bonds. The molecule has 0 bridgehead atoms. The molecule has 0 radical (unpaired) electrons. The minimum atomic E-state index is -0.290. The SMILES string of the molecule is C=C1CCC(C)C(=O)N1.CC(=O)c1ccc(C)cc1C(=O)C(C)C.CCCCC[C@H](CC)CN1CCC(c2cc(OC)c(Nc3ncc(C)c(Nc4ccccc4S(=S)C(C)C)n3)cc2C)CC1. The van der Waals surface area contributed by atoms with Crippen molar-refractivity contribution in [1.29, 1.82) is 0 Å². The number of nitrogens with zero attached hydrogens (tertiary/aromatic N) is 3. The highest BCUT2D eigenvalue weighted by Gasteiger charge is 2.25. The Morgan fingerprint density at radius 1 is 0.941 bits per heavy atom. The number of carbonyl (C=O) groups is 3. The van der Waals surface area contributed by atoms with E-state index in [1.807, 2.05) is 59.0 Å². The number of carbonyl (C=O) groups excluding carboxylic acids is 3. The number of piperidine rings is 2. The molecule has 3 N–H and O–H groups in total. The van der Waals surface area contributed by atoms with Crippen LogP contribution in [0.2, 0.25) is 0 Å². The zero-order valence-corrected chi connectivity index (χ0v) is 44.8. The van der Waals surface area contributed by atoms with Gasteiger partial charge in [0.05, 0.1) is 18.5 Å². The molecular formula is C56H80N6O4S2. The van der Waals surface area contributed by atoms with Gasteiger partial charge in [0.2, 0.25) is 11.9 Å². The van der Waals surface area contributed by atoms with Gasteiger partial charge in [-0.1, -0.05) is 120 Å². The molecule has 6 rings (SSSR count). The number of unbranched alkanes of at least 4 members (excludes halogenated alkanes) is 2. The van der Waals surface area contributed by atoms with Gasteiger partial charge in [-0.05, 0) is 137 Å². The summed E-state index contributed by atoms with van der Waals surface area (Å²) in [5, 5.41) is 10.1. The first-order chi connectivity index (χ1) is 32.4. The summed E-state index contributed by atoms with van der Waals surface area (Å²) in [4.78, 5) is 47.4. The number of rotatable bonds is 18. The standard InChI is InChI=1S/C36H53N5OS2.C13H16O2.C7H11NO/c1-8-10-11-14-28(9-2)24-41-19-17-29(18-20-41)30-22-33(42-7)32(21-26(30)5)39-36-37-23-27(6)35(40-36)38-31-15-12-13-16-34(31)44(43)25(3)4;1-8(2)13(15)12-7-9(3)5-6-11(12)10(4)14;1-5-3-4-6(2)8-7(5)9/h12-13,15-16,21-23,25,28-29H,8-11,14,17-20,24H2,1-7H3,(H2,37,38,39,40);5-8H,1-4H3;5H,2-4H2,1H3,(H,8,9)/t28-,44?;;/m0../s1. The Morgan fingerprint density at radius 3 is 2.25 bits per heavy atom. The van der Waals surface area contributed by atoms with E-state index in [9.17, 15) is 14.4 Å². The number of nitrogens with one attached hydrogen (secondary N) is 3. The number of hydrogen-bond acceptors (Lipinski definition) is 10. The highest BCUT2D eigenvalue weighted by Crippen LogP contribution is 2.38. The Bertz CT molecular complexity index is 2360. The summed E-state index contributed by atoms with van der Waals surface area (Å²) in [5.74, 6) is 3.69. The van der Waals surface area contributed by atoms with Crippen molar-refractivity contribution in [2.45, 2.75) is 150 Å². The average Bonchev–Trinajstić information content (AvgIpc) is 3.31. The molecule has 2 unspecified atom stereocenters. The van der Waals surface area contributed by atoms with E-state index in [-0.39, 0.29) is 38.8 Å². The van der Waals surface area contributed by atoms with Crippen LogP contribution in [0, 0.1) is 38.5 Å². The summed E-state index contributed by atoms with van der Waals surface area (Å²) in [5.41, 5.74) is 8.47.